The lowest BCUT2D eigenvalue weighted by molar-refractivity contribution is -0.193. The molecule has 2 saturated heterocycles. The predicted molar refractivity (Wildman–Crippen MR) is 105 cm³/mol. The highest BCUT2D eigenvalue weighted by molar-refractivity contribution is 5.79. The number of halogens is 6. The number of hydrogen-bond donors (Lipinski definition) is 3. The van der Waals surface area contributed by atoms with Gasteiger partial charge < -0.3 is 15.5 Å². The minimum absolute atomic E-state index is 0.0128. The summed E-state index contributed by atoms with van der Waals surface area (Å²) in [5, 5.41) is 17.5. The zero-order chi connectivity index (χ0) is 26.2. The monoisotopic (exact) mass is 501 g/mol. The van der Waals surface area contributed by atoms with E-state index >= 15 is 0 Å². The number of nitrogens with one attached hydrogen (secondary N) is 1. The summed E-state index contributed by atoms with van der Waals surface area (Å²) in [4.78, 5) is 36.4. The number of amides is 1. The molecule has 8 nitrogen and oxygen atoms in total. The highest BCUT2D eigenvalue weighted by Crippen LogP contribution is 2.37. The Bertz CT molecular complexity index is 810. The first-order valence-corrected chi connectivity index (χ1v) is 10.2. The molecule has 0 aromatic carbocycles. The number of aliphatic carboxylic acids is 2. The number of rotatable bonds is 3. The SMILES string of the molecule is CC[C@@H]1N(Cc2ccccn2)CCC[C@]12CCC(=O)N2.O=C(O)C(F)(F)F.O=C(O)C(F)(F)F. The van der Waals surface area contributed by atoms with Crippen LogP contribution in [-0.4, -0.2) is 68.4 Å². The molecule has 0 bridgehead atoms. The number of carbonyl (C=O) groups excluding carboxylic acids is 1. The topological polar surface area (TPSA) is 120 Å². The minimum Gasteiger partial charge on any atom is -0.475 e. The van der Waals surface area contributed by atoms with Crippen LogP contribution in [0.15, 0.2) is 24.4 Å². The van der Waals surface area contributed by atoms with Gasteiger partial charge in [-0.15, -0.1) is 0 Å². The number of piperidine rings is 1. The number of pyridine rings is 1. The van der Waals surface area contributed by atoms with Crippen molar-refractivity contribution >= 4 is 17.8 Å². The van der Waals surface area contributed by atoms with E-state index in [0.717, 1.165) is 44.5 Å². The van der Waals surface area contributed by atoms with Crippen molar-refractivity contribution in [1.29, 1.82) is 0 Å². The van der Waals surface area contributed by atoms with Gasteiger partial charge in [-0.2, -0.15) is 26.3 Å². The molecule has 0 saturated carbocycles. The summed E-state index contributed by atoms with van der Waals surface area (Å²) in [5.41, 5.74) is 1.13. The largest absolute Gasteiger partial charge is 0.490 e. The van der Waals surface area contributed by atoms with Crippen LogP contribution in [0.1, 0.15) is 44.7 Å². The molecule has 3 rings (SSSR count). The molecule has 1 aromatic rings. The molecular formula is C20H25F6N3O5. The fourth-order valence-corrected chi connectivity index (χ4v) is 3.98. The first kappa shape index (κ1) is 29.1. The maximum Gasteiger partial charge on any atom is 0.490 e. The summed E-state index contributed by atoms with van der Waals surface area (Å²) in [6.45, 7) is 4.22. The molecule has 1 amide bonds. The maximum absolute atomic E-state index is 11.7. The van der Waals surface area contributed by atoms with Crippen LogP contribution >= 0.6 is 0 Å². The minimum atomic E-state index is -5.08. The van der Waals surface area contributed by atoms with Gasteiger partial charge in [0.1, 0.15) is 0 Å². The number of nitrogens with zero attached hydrogens (tertiary/aromatic N) is 2. The molecule has 1 spiro atoms. The standard InChI is InChI=1S/C16H23N3O.2C2HF3O2/c1-2-14-16(9-7-15(20)18-16)8-5-11-19(14)12-13-6-3-4-10-17-13;2*3-2(4,5)1(6)7/h3-4,6,10,14H,2,5,7-9,11-12H2,1H3,(H,18,20);2*(H,6,7)/t14-,16-;;/m0../s1. The van der Waals surface area contributed by atoms with Crippen molar-refractivity contribution < 1.29 is 50.9 Å². The average molecular weight is 501 g/mol. The molecule has 2 aliphatic heterocycles. The zero-order valence-corrected chi connectivity index (χ0v) is 18.1. The van der Waals surface area contributed by atoms with Crippen LogP contribution in [0, 0.1) is 0 Å². The number of alkyl halides is 6. The van der Waals surface area contributed by atoms with E-state index < -0.39 is 24.3 Å². The van der Waals surface area contributed by atoms with E-state index in [2.05, 4.69) is 28.2 Å². The Morgan fingerprint density at radius 1 is 1.12 bits per heavy atom. The van der Waals surface area contributed by atoms with Crippen molar-refractivity contribution in [3.8, 4) is 0 Å². The van der Waals surface area contributed by atoms with Gasteiger partial charge in [0.25, 0.3) is 0 Å². The maximum atomic E-state index is 11.7. The summed E-state index contributed by atoms with van der Waals surface area (Å²) >= 11 is 0. The Balaban J connectivity index is 0.000000343. The third-order valence-electron chi connectivity index (χ3n) is 5.30. The lowest BCUT2D eigenvalue weighted by atomic mass is 9.78. The summed E-state index contributed by atoms with van der Waals surface area (Å²) in [5.74, 6) is -5.29. The molecule has 34 heavy (non-hydrogen) atoms. The second kappa shape index (κ2) is 12.0. The van der Waals surface area contributed by atoms with Crippen molar-refractivity contribution in [2.75, 3.05) is 6.54 Å². The quantitative estimate of drug-likeness (QED) is 0.544. The Morgan fingerprint density at radius 3 is 2.06 bits per heavy atom. The number of carboxylic acids is 2. The number of aromatic nitrogens is 1. The number of likely N-dealkylation sites (tertiary alicyclic amines) is 1. The second-order valence-corrected chi connectivity index (χ2v) is 7.63. The fraction of sp³-hybridized carbons (Fsp3) is 0.600. The van der Waals surface area contributed by atoms with Crippen molar-refractivity contribution in [3.63, 3.8) is 0 Å². The van der Waals surface area contributed by atoms with Gasteiger partial charge in [0.2, 0.25) is 5.91 Å². The van der Waals surface area contributed by atoms with Crippen LogP contribution in [0.4, 0.5) is 26.3 Å². The van der Waals surface area contributed by atoms with Crippen LogP contribution in [-0.2, 0) is 20.9 Å². The summed E-state index contributed by atoms with van der Waals surface area (Å²) in [6.07, 6.45) is -3.28. The molecule has 3 heterocycles. The van der Waals surface area contributed by atoms with E-state index in [1.54, 1.807) is 0 Å². The second-order valence-electron chi connectivity index (χ2n) is 7.63. The first-order chi connectivity index (χ1) is 15.6. The Kier molecular flexibility index (Phi) is 10.3. The number of carboxylic acid groups (broad SMARTS) is 2. The molecule has 2 fully saturated rings. The number of carbonyl (C=O) groups is 3. The van der Waals surface area contributed by atoms with Crippen molar-refractivity contribution in [3.05, 3.63) is 30.1 Å². The van der Waals surface area contributed by atoms with E-state index in [1.807, 2.05) is 18.3 Å². The molecular weight excluding hydrogens is 476 g/mol. The summed E-state index contributed by atoms with van der Waals surface area (Å²) in [6, 6.07) is 6.52. The van der Waals surface area contributed by atoms with E-state index in [0.29, 0.717) is 12.5 Å². The molecule has 0 radical (unpaired) electrons. The molecule has 3 N–H and O–H groups in total. The van der Waals surface area contributed by atoms with E-state index in [4.69, 9.17) is 19.8 Å². The van der Waals surface area contributed by atoms with Gasteiger partial charge in [-0.25, -0.2) is 9.59 Å². The normalized spacial score (nSPS) is 22.7. The molecule has 192 valence electrons. The number of hydrogen-bond acceptors (Lipinski definition) is 5. The lowest BCUT2D eigenvalue weighted by Gasteiger charge is -2.48. The third-order valence-corrected chi connectivity index (χ3v) is 5.30. The Morgan fingerprint density at radius 2 is 1.68 bits per heavy atom. The van der Waals surface area contributed by atoms with Gasteiger partial charge in [0, 0.05) is 25.2 Å². The van der Waals surface area contributed by atoms with Gasteiger partial charge in [0.15, 0.2) is 0 Å². The lowest BCUT2D eigenvalue weighted by Crippen LogP contribution is -2.61. The molecule has 0 unspecified atom stereocenters. The smallest absolute Gasteiger partial charge is 0.475 e. The summed E-state index contributed by atoms with van der Waals surface area (Å²) < 4.78 is 63.5. The average Bonchev–Trinajstić information content (AvgIpc) is 3.09. The van der Waals surface area contributed by atoms with Gasteiger partial charge >= 0.3 is 24.3 Å². The van der Waals surface area contributed by atoms with Gasteiger partial charge in [-0.05, 0) is 44.4 Å². The van der Waals surface area contributed by atoms with Crippen LogP contribution < -0.4 is 5.32 Å². The molecule has 2 aliphatic rings. The third kappa shape index (κ3) is 8.80. The van der Waals surface area contributed by atoms with E-state index in [1.165, 1.54) is 0 Å². The highest BCUT2D eigenvalue weighted by atomic mass is 19.4. The van der Waals surface area contributed by atoms with Gasteiger partial charge in [0.05, 0.1) is 11.2 Å². The molecule has 2 atom stereocenters. The Labute approximate surface area is 191 Å². The van der Waals surface area contributed by atoms with Crippen molar-refractivity contribution in [1.82, 2.24) is 15.2 Å². The predicted octanol–water partition coefficient (Wildman–Crippen LogP) is 3.37. The summed E-state index contributed by atoms with van der Waals surface area (Å²) in [7, 11) is 0. The highest BCUT2D eigenvalue weighted by Gasteiger charge is 2.47. The Hall–Kier alpha value is -2.90. The van der Waals surface area contributed by atoms with Gasteiger partial charge in [-0.3, -0.25) is 14.7 Å². The van der Waals surface area contributed by atoms with Crippen LogP contribution in [0.3, 0.4) is 0 Å². The van der Waals surface area contributed by atoms with Crippen LogP contribution in [0.5, 0.6) is 0 Å². The fourth-order valence-electron chi connectivity index (χ4n) is 3.98. The van der Waals surface area contributed by atoms with E-state index in [-0.39, 0.29) is 11.4 Å². The van der Waals surface area contributed by atoms with Gasteiger partial charge in [-0.1, -0.05) is 13.0 Å². The first-order valence-electron chi connectivity index (χ1n) is 10.2. The zero-order valence-electron chi connectivity index (χ0n) is 18.1. The van der Waals surface area contributed by atoms with Crippen molar-refractivity contribution in [2.24, 2.45) is 0 Å². The van der Waals surface area contributed by atoms with Crippen LogP contribution in [0.2, 0.25) is 0 Å². The van der Waals surface area contributed by atoms with Crippen LogP contribution in [0.25, 0.3) is 0 Å². The molecule has 14 heteroatoms. The van der Waals surface area contributed by atoms with E-state index in [9.17, 15) is 31.1 Å². The molecule has 0 aliphatic carbocycles. The van der Waals surface area contributed by atoms with Crippen molar-refractivity contribution in [2.45, 2.75) is 69.5 Å². The molecule has 1 aromatic heterocycles.